The summed E-state index contributed by atoms with van der Waals surface area (Å²) >= 11 is 0. The van der Waals surface area contributed by atoms with Crippen molar-refractivity contribution in [2.45, 2.75) is 185 Å². The van der Waals surface area contributed by atoms with E-state index in [2.05, 4.69) is 49.0 Å². The van der Waals surface area contributed by atoms with Crippen molar-refractivity contribution in [3.8, 4) is 0 Å². The summed E-state index contributed by atoms with van der Waals surface area (Å²) in [5.41, 5.74) is 4.53. The highest BCUT2D eigenvalue weighted by Gasteiger charge is 2.47. The molecule has 1 heterocycles. The summed E-state index contributed by atoms with van der Waals surface area (Å²) in [4.78, 5) is 69.3. The smallest absolute Gasteiger partial charge is 0.315 e. The zero-order valence-corrected chi connectivity index (χ0v) is 33.3. The third-order valence-electron chi connectivity index (χ3n) is 11.4. The van der Waals surface area contributed by atoms with E-state index in [0.717, 1.165) is 89.2 Å². The number of nitrogens with one attached hydrogen (secondary N) is 3. The second-order valence-electron chi connectivity index (χ2n) is 17.7. The molecule has 3 unspecified atom stereocenters. The first kappa shape index (κ1) is 41.3. The molecule has 0 aromatic rings. The first-order valence-electron chi connectivity index (χ1n) is 19.6. The minimum atomic E-state index is -1.08. The molecule has 0 spiro atoms. The molecule has 5 amide bonds. The van der Waals surface area contributed by atoms with Gasteiger partial charge < -0.3 is 31.3 Å². The van der Waals surface area contributed by atoms with Crippen LogP contribution in [0.25, 0.3) is 0 Å². The van der Waals surface area contributed by atoms with Crippen molar-refractivity contribution >= 4 is 45.4 Å². The summed E-state index contributed by atoms with van der Waals surface area (Å²) in [5.74, 6) is -1.67. The van der Waals surface area contributed by atoms with E-state index in [0.29, 0.717) is 6.42 Å². The second-order valence-corrected chi connectivity index (χ2v) is 20.5. The van der Waals surface area contributed by atoms with Crippen LogP contribution >= 0.6 is 10.5 Å². The normalized spacial score (nSPS) is 25.0. The molecule has 12 heteroatoms. The van der Waals surface area contributed by atoms with Crippen LogP contribution in [-0.4, -0.2) is 92.2 Å². The van der Waals surface area contributed by atoms with Gasteiger partial charge >= 0.3 is 6.03 Å². The van der Waals surface area contributed by atoms with Crippen molar-refractivity contribution in [1.82, 2.24) is 20.9 Å². The number of nitrogens with two attached hydrogens (primary N) is 1. The first-order valence-corrected chi connectivity index (χ1v) is 21.1. The number of carbonyl (C=O) groups excluding carboxylic acids is 5. The van der Waals surface area contributed by atoms with Gasteiger partial charge in [0.05, 0.1) is 23.3 Å². The van der Waals surface area contributed by atoms with Crippen LogP contribution in [0.1, 0.15) is 145 Å². The number of primary amides is 1. The summed E-state index contributed by atoms with van der Waals surface area (Å²) in [6.45, 7) is 14.9. The number of hydrogen-bond acceptors (Lipinski definition) is 6. The van der Waals surface area contributed by atoms with Crippen molar-refractivity contribution in [2.24, 2.45) is 17.6 Å². The SMILES string of the molecule is C/C=S(/CC1(NC(=O)N[C@H](C(=O)N2CC(OC(C)(C)C)C[C@H]2C(=O)NC(CC2CCC2)C(=O)C(N)=O)C2CCCCC2)CCCCC1)C(C)(C)C. The molecule has 0 bridgehead atoms. The van der Waals surface area contributed by atoms with Crippen molar-refractivity contribution in [3.63, 3.8) is 0 Å². The molecule has 5 N–H and O–H groups in total. The lowest BCUT2D eigenvalue weighted by molar-refractivity contribution is -0.143. The topological polar surface area (TPSA) is 160 Å². The lowest BCUT2D eigenvalue weighted by Gasteiger charge is -2.42. The Morgan fingerprint density at radius 2 is 1.53 bits per heavy atom. The summed E-state index contributed by atoms with van der Waals surface area (Å²) in [6, 6.07) is -3.11. The van der Waals surface area contributed by atoms with Crippen LogP contribution in [0.15, 0.2) is 0 Å². The van der Waals surface area contributed by atoms with E-state index in [1.807, 2.05) is 20.8 Å². The van der Waals surface area contributed by atoms with Gasteiger partial charge in [-0.15, -0.1) is 0 Å². The Morgan fingerprint density at radius 1 is 0.902 bits per heavy atom. The average molecular weight is 734 g/mol. The molecule has 4 fully saturated rings. The summed E-state index contributed by atoms with van der Waals surface area (Å²) < 4.78 is 6.40. The molecule has 0 radical (unpaired) electrons. The largest absolute Gasteiger partial charge is 0.371 e. The third-order valence-corrected chi connectivity index (χ3v) is 14.4. The van der Waals surface area contributed by atoms with Gasteiger partial charge in [0.2, 0.25) is 17.6 Å². The number of carbonyl (C=O) groups is 5. The van der Waals surface area contributed by atoms with E-state index in [9.17, 15) is 24.0 Å². The zero-order chi connectivity index (χ0) is 37.6. The molecule has 3 aliphatic carbocycles. The lowest BCUT2D eigenvalue weighted by Crippen LogP contribution is -2.62. The van der Waals surface area contributed by atoms with Gasteiger partial charge in [0.1, 0.15) is 12.1 Å². The average Bonchev–Trinajstić information content (AvgIpc) is 3.45. The summed E-state index contributed by atoms with van der Waals surface area (Å²) in [7, 11) is -0.0190. The van der Waals surface area contributed by atoms with Gasteiger partial charge in [-0.05, 0) is 71.6 Å². The van der Waals surface area contributed by atoms with Crippen LogP contribution in [-0.2, 0) is 23.9 Å². The maximum absolute atomic E-state index is 14.8. The van der Waals surface area contributed by atoms with E-state index in [1.165, 1.54) is 0 Å². The Balaban J connectivity index is 1.59. The fourth-order valence-electron chi connectivity index (χ4n) is 8.54. The molecule has 0 aromatic heterocycles. The highest BCUT2D eigenvalue weighted by Crippen LogP contribution is 2.40. The predicted octanol–water partition coefficient (Wildman–Crippen LogP) is 5.34. The molecule has 1 aliphatic heterocycles. The maximum atomic E-state index is 14.8. The van der Waals surface area contributed by atoms with Crippen LogP contribution in [0.2, 0.25) is 0 Å². The van der Waals surface area contributed by atoms with Crippen molar-refractivity contribution in [1.29, 1.82) is 0 Å². The number of amides is 5. The van der Waals surface area contributed by atoms with Crippen LogP contribution in [0.4, 0.5) is 4.79 Å². The number of urea groups is 1. The van der Waals surface area contributed by atoms with Gasteiger partial charge in [0.25, 0.3) is 5.91 Å². The first-order chi connectivity index (χ1) is 23.9. The van der Waals surface area contributed by atoms with Crippen molar-refractivity contribution in [3.05, 3.63) is 0 Å². The van der Waals surface area contributed by atoms with E-state index in [1.54, 1.807) is 4.90 Å². The monoisotopic (exact) mass is 733 g/mol. The molecule has 11 nitrogen and oxygen atoms in total. The number of rotatable bonds is 13. The van der Waals surface area contributed by atoms with Gasteiger partial charge in [0, 0.05) is 23.5 Å². The standard InChI is InChI=1S/C39H67N5O6S/c1-8-51(38(5,6)7)25-39(20-13-10-14-21-39)43-36(49)42-31(27-18-11-9-12-19-27)35(48)44-24-28(50-37(2,3)4)23-30(44)34(47)41-29(32(45)33(40)46)22-26-16-15-17-26/h8,26-31H,9-25H2,1-7H3,(H2,40,46)(H,41,47)(H2,42,43,49)/t28?,29?,30-,31-,51?/m0/s1. The zero-order valence-electron chi connectivity index (χ0n) is 32.4. The Labute approximate surface area is 309 Å². The predicted molar refractivity (Wildman–Crippen MR) is 205 cm³/mol. The molecule has 4 rings (SSSR count). The minimum Gasteiger partial charge on any atom is -0.371 e. The Hall–Kier alpha value is -2.47. The van der Waals surface area contributed by atoms with Gasteiger partial charge in [-0.25, -0.2) is 4.79 Å². The molecule has 4 aliphatic rings. The van der Waals surface area contributed by atoms with Crippen LogP contribution in [0.5, 0.6) is 0 Å². The van der Waals surface area contributed by atoms with Gasteiger partial charge in [0.15, 0.2) is 0 Å². The van der Waals surface area contributed by atoms with Crippen LogP contribution in [0, 0.1) is 11.8 Å². The van der Waals surface area contributed by atoms with Crippen molar-refractivity contribution < 1.29 is 28.7 Å². The Morgan fingerprint density at radius 3 is 2.06 bits per heavy atom. The van der Waals surface area contributed by atoms with E-state index in [-0.39, 0.29) is 57.5 Å². The van der Waals surface area contributed by atoms with E-state index < -0.39 is 47.4 Å². The molecule has 0 aromatic carbocycles. The minimum absolute atomic E-state index is 0.0190. The number of nitrogens with zero attached hydrogens (tertiary/aromatic N) is 1. The summed E-state index contributed by atoms with van der Waals surface area (Å²) in [6.07, 6.45) is 12.8. The molecular weight excluding hydrogens is 667 g/mol. The van der Waals surface area contributed by atoms with Crippen LogP contribution in [0.3, 0.4) is 0 Å². The number of likely N-dealkylation sites (tertiary alicyclic amines) is 1. The molecule has 5 atom stereocenters. The summed E-state index contributed by atoms with van der Waals surface area (Å²) in [5, 5.41) is 11.7. The molecule has 3 saturated carbocycles. The maximum Gasteiger partial charge on any atom is 0.315 e. The Bertz CT molecular complexity index is 1290. The molecule has 1 saturated heterocycles. The highest BCUT2D eigenvalue weighted by atomic mass is 32.2. The van der Waals surface area contributed by atoms with Gasteiger partial charge in [-0.1, -0.05) is 83.9 Å². The Kier molecular flexibility index (Phi) is 14.2. The molecule has 290 valence electrons. The highest BCUT2D eigenvalue weighted by molar-refractivity contribution is 8.16. The van der Waals surface area contributed by atoms with E-state index >= 15 is 0 Å². The van der Waals surface area contributed by atoms with Gasteiger partial charge in [-0.3, -0.25) is 19.2 Å². The number of hydrogen-bond donors (Lipinski definition) is 4. The van der Waals surface area contributed by atoms with Crippen molar-refractivity contribution in [2.75, 3.05) is 12.3 Å². The number of ketones is 1. The fraction of sp³-hybridized carbons (Fsp3) is 0.846. The van der Waals surface area contributed by atoms with E-state index in [4.69, 9.17) is 10.5 Å². The number of Topliss-reactive ketones (excluding diaryl/α,β-unsaturated/α-hetero) is 1. The van der Waals surface area contributed by atoms with Crippen LogP contribution < -0.4 is 21.7 Å². The molecular formula is C39H67N5O6S. The molecule has 51 heavy (non-hydrogen) atoms. The number of ether oxygens (including phenoxy) is 1. The lowest BCUT2D eigenvalue weighted by atomic mass is 9.80. The fourth-order valence-corrected chi connectivity index (χ4v) is 10.8. The van der Waals surface area contributed by atoms with Gasteiger partial charge in [-0.2, -0.15) is 10.5 Å². The second kappa shape index (κ2) is 17.6. The quantitative estimate of drug-likeness (QED) is 0.148. The third kappa shape index (κ3) is 11.5.